The number of likely N-dealkylation sites (N-methyl/N-ethyl adjacent to an activating group) is 1. The quantitative estimate of drug-likeness (QED) is 0.503. The molecule has 0 aromatic heterocycles. The number of rotatable bonds is 7. The number of carbonyl (C=O) groups excluding carboxylic acids is 1. The third-order valence-corrected chi connectivity index (χ3v) is 10.3. The van der Waals surface area contributed by atoms with Crippen molar-refractivity contribution < 1.29 is 18.3 Å². The van der Waals surface area contributed by atoms with Crippen molar-refractivity contribution in [1.29, 1.82) is 0 Å². The van der Waals surface area contributed by atoms with Gasteiger partial charge in [0.1, 0.15) is 0 Å². The number of nitrogens with one attached hydrogen (secondary N) is 2. The first-order chi connectivity index (χ1) is 17.8. The zero-order valence-electron chi connectivity index (χ0n) is 21.4. The van der Waals surface area contributed by atoms with Crippen LogP contribution in [-0.4, -0.2) is 58.0 Å². The van der Waals surface area contributed by atoms with Gasteiger partial charge in [-0.05, 0) is 79.8 Å². The summed E-state index contributed by atoms with van der Waals surface area (Å²) >= 11 is 0. The summed E-state index contributed by atoms with van der Waals surface area (Å²) in [5.41, 5.74) is 5.50. The lowest BCUT2D eigenvalue weighted by molar-refractivity contribution is 0.102. The minimum Gasteiger partial charge on any atom is -0.395 e. The highest BCUT2D eigenvalue weighted by Crippen LogP contribution is 2.54. The summed E-state index contributed by atoms with van der Waals surface area (Å²) in [5, 5.41) is 12.2. The maximum Gasteiger partial charge on any atom is 0.257 e. The maximum absolute atomic E-state index is 13.6. The predicted molar refractivity (Wildman–Crippen MR) is 147 cm³/mol. The zero-order chi connectivity index (χ0) is 25.8. The molecule has 2 saturated carbocycles. The summed E-state index contributed by atoms with van der Waals surface area (Å²) in [6.07, 6.45) is 8.45. The molecule has 1 saturated heterocycles. The molecule has 2 aliphatic heterocycles. The molecule has 0 radical (unpaired) electrons. The molecular weight excluding hydrogens is 488 g/mol. The highest BCUT2D eigenvalue weighted by atomic mass is 32.2. The van der Waals surface area contributed by atoms with Crippen LogP contribution in [0.15, 0.2) is 36.4 Å². The molecule has 3 fully saturated rings. The van der Waals surface area contributed by atoms with Gasteiger partial charge in [-0.1, -0.05) is 12.5 Å². The molecule has 8 nitrogen and oxygen atoms in total. The van der Waals surface area contributed by atoms with Crippen LogP contribution in [0.1, 0.15) is 66.8 Å². The van der Waals surface area contributed by atoms with Gasteiger partial charge in [-0.25, -0.2) is 8.42 Å². The number of hydrogen-bond donors (Lipinski definition) is 3. The second-order valence-corrected chi connectivity index (χ2v) is 13.1. The van der Waals surface area contributed by atoms with Crippen molar-refractivity contribution in [1.82, 2.24) is 0 Å². The largest absolute Gasteiger partial charge is 0.395 e. The van der Waals surface area contributed by atoms with E-state index in [1.807, 2.05) is 6.07 Å². The SMILES string of the molecule is CN1c2cc(NC(=O)c3ccc(NS(=O)(=O)CCO)cc3N3CCC4(CC3)CC4)ccc2C2CCCC21. The first-order valence-corrected chi connectivity index (χ1v) is 15.1. The number of anilines is 4. The Morgan fingerprint density at radius 2 is 1.76 bits per heavy atom. The number of benzene rings is 2. The van der Waals surface area contributed by atoms with Crippen molar-refractivity contribution in [2.45, 2.75) is 56.9 Å². The lowest BCUT2D eigenvalue weighted by atomic mass is 9.93. The van der Waals surface area contributed by atoms with Crippen LogP contribution in [0.25, 0.3) is 0 Å². The molecule has 3 N–H and O–H groups in total. The third kappa shape index (κ3) is 4.68. The molecule has 2 unspecified atom stereocenters. The molecule has 2 heterocycles. The fraction of sp³-hybridized carbons (Fsp3) is 0.536. The number of carbonyl (C=O) groups is 1. The molecule has 37 heavy (non-hydrogen) atoms. The molecule has 2 aliphatic carbocycles. The molecule has 2 atom stereocenters. The molecule has 0 bridgehead atoms. The van der Waals surface area contributed by atoms with E-state index in [2.05, 4.69) is 39.0 Å². The summed E-state index contributed by atoms with van der Waals surface area (Å²) in [6.45, 7) is 1.24. The highest BCUT2D eigenvalue weighted by molar-refractivity contribution is 7.92. The van der Waals surface area contributed by atoms with Gasteiger partial charge >= 0.3 is 0 Å². The van der Waals surface area contributed by atoms with Gasteiger partial charge in [0.15, 0.2) is 0 Å². The van der Waals surface area contributed by atoms with Crippen LogP contribution in [0.2, 0.25) is 0 Å². The highest BCUT2D eigenvalue weighted by Gasteiger charge is 2.45. The van der Waals surface area contributed by atoms with Gasteiger partial charge in [-0.15, -0.1) is 0 Å². The van der Waals surface area contributed by atoms with Crippen molar-refractivity contribution in [2.24, 2.45) is 5.41 Å². The summed E-state index contributed by atoms with van der Waals surface area (Å²) in [7, 11) is -1.51. The van der Waals surface area contributed by atoms with Gasteiger partial charge in [0, 0.05) is 43.5 Å². The Bertz CT molecular complexity index is 1310. The second kappa shape index (κ2) is 9.20. The number of nitrogens with zero attached hydrogens (tertiary/aromatic N) is 2. The van der Waals surface area contributed by atoms with E-state index in [9.17, 15) is 13.2 Å². The Balaban J connectivity index is 1.26. The summed E-state index contributed by atoms with van der Waals surface area (Å²) < 4.78 is 27.1. The van der Waals surface area contributed by atoms with Crippen LogP contribution < -0.4 is 19.8 Å². The number of amides is 1. The molecule has 2 aromatic rings. The number of piperidine rings is 1. The molecule has 4 aliphatic rings. The van der Waals surface area contributed by atoms with Crippen molar-refractivity contribution in [2.75, 3.05) is 52.3 Å². The molecule has 1 amide bonds. The van der Waals surface area contributed by atoms with Gasteiger partial charge < -0.3 is 20.2 Å². The van der Waals surface area contributed by atoms with Crippen LogP contribution in [-0.2, 0) is 10.0 Å². The van der Waals surface area contributed by atoms with E-state index in [0.29, 0.717) is 28.6 Å². The van der Waals surface area contributed by atoms with E-state index in [-0.39, 0.29) is 11.7 Å². The van der Waals surface area contributed by atoms with Crippen molar-refractivity contribution in [3.63, 3.8) is 0 Å². The van der Waals surface area contributed by atoms with Crippen molar-refractivity contribution in [3.8, 4) is 0 Å². The number of sulfonamides is 1. The lowest BCUT2D eigenvalue weighted by Crippen LogP contribution is -2.35. The molecule has 9 heteroatoms. The summed E-state index contributed by atoms with van der Waals surface area (Å²) in [5.74, 6) is 0.0188. The van der Waals surface area contributed by atoms with Crippen LogP contribution in [0.4, 0.5) is 22.7 Å². The monoisotopic (exact) mass is 524 g/mol. The van der Waals surface area contributed by atoms with E-state index in [1.165, 1.54) is 43.4 Å². The Morgan fingerprint density at radius 3 is 2.49 bits per heavy atom. The average Bonchev–Trinajstić information content (AvgIpc) is 3.34. The van der Waals surface area contributed by atoms with Gasteiger partial charge in [-0.2, -0.15) is 0 Å². The first kappa shape index (κ1) is 24.6. The Labute approximate surface area is 219 Å². The van der Waals surface area contributed by atoms with E-state index >= 15 is 0 Å². The normalized spacial score (nSPS) is 23.6. The number of fused-ring (bicyclic) bond motifs is 3. The fourth-order valence-corrected chi connectivity index (χ4v) is 7.51. The van der Waals surface area contributed by atoms with E-state index in [4.69, 9.17) is 5.11 Å². The number of aliphatic hydroxyl groups excluding tert-OH is 1. The average molecular weight is 525 g/mol. The fourth-order valence-electron chi connectivity index (χ4n) is 6.68. The minimum absolute atomic E-state index is 0.202. The minimum atomic E-state index is -3.66. The summed E-state index contributed by atoms with van der Waals surface area (Å²) in [6, 6.07) is 11.9. The van der Waals surface area contributed by atoms with Crippen LogP contribution in [0.5, 0.6) is 0 Å². The molecule has 1 spiro atoms. The van der Waals surface area contributed by atoms with E-state index in [1.54, 1.807) is 18.2 Å². The summed E-state index contributed by atoms with van der Waals surface area (Å²) in [4.78, 5) is 18.1. The zero-order valence-corrected chi connectivity index (χ0v) is 22.2. The van der Waals surface area contributed by atoms with Gasteiger partial charge in [-0.3, -0.25) is 9.52 Å². The Kier molecular flexibility index (Phi) is 6.11. The lowest BCUT2D eigenvalue weighted by Gasteiger charge is -2.35. The molecule has 198 valence electrons. The molecule has 2 aromatic carbocycles. The van der Waals surface area contributed by atoms with E-state index < -0.39 is 16.6 Å². The Morgan fingerprint density at radius 1 is 1.03 bits per heavy atom. The van der Waals surface area contributed by atoms with Crippen molar-refractivity contribution >= 4 is 38.7 Å². The van der Waals surface area contributed by atoms with Crippen LogP contribution >= 0.6 is 0 Å². The van der Waals surface area contributed by atoms with Gasteiger partial charge in [0.05, 0.1) is 29.3 Å². The number of hydrogen-bond acceptors (Lipinski definition) is 6. The van der Waals surface area contributed by atoms with Crippen LogP contribution in [0, 0.1) is 5.41 Å². The predicted octanol–water partition coefficient (Wildman–Crippen LogP) is 4.14. The van der Waals surface area contributed by atoms with E-state index in [0.717, 1.165) is 37.3 Å². The van der Waals surface area contributed by atoms with Gasteiger partial charge in [0.2, 0.25) is 10.0 Å². The van der Waals surface area contributed by atoms with Crippen LogP contribution in [0.3, 0.4) is 0 Å². The maximum atomic E-state index is 13.6. The third-order valence-electron chi connectivity index (χ3n) is 9.04. The second-order valence-electron chi connectivity index (χ2n) is 11.3. The topological polar surface area (TPSA) is 102 Å². The smallest absolute Gasteiger partial charge is 0.257 e. The molecule has 6 rings (SSSR count). The van der Waals surface area contributed by atoms with Gasteiger partial charge in [0.25, 0.3) is 5.91 Å². The number of aliphatic hydroxyl groups is 1. The van der Waals surface area contributed by atoms with Crippen molar-refractivity contribution in [3.05, 3.63) is 47.5 Å². The molecular formula is C28H36N4O4S. The standard InChI is InChI=1S/C28H36N4O4S/c1-31-24-4-2-3-21(24)22-7-5-19(17-25(22)31)29-27(34)23-8-6-20(30-37(35,36)16-15-33)18-26(23)32-13-11-28(9-10-28)12-14-32/h5-8,17-18,21,24,30,33H,2-4,9-16H2,1H3,(H,29,34). The Hall–Kier alpha value is -2.78. The first-order valence-electron chi connectivity index (χ1n) is 13.5.